The van der Waals surface area contributed by atoms with E-state index in [2.05, 4.69) is 10.3 Å². The zero-order valence-electron chi connectivity index (χ0n) is 13.2. The SMILES string of the molecule is O=C(Nc1ccccc1C(F)(F)F)c1cc(N2CCOCC2)ccn1. The smallest absolute Gasteiger partial charge is 0.378 e. The summed E-state index contributed by atoms with van der Waals surface area (Å²) in [6.07, 6.45) is -3.08. The molecule has 0 atom stereocenters. The Bertz CT molecular complexity index is 759. The largest absolute Gasteiger partial charge is 0.418 e. The molecular weight excluding hydrogens is 335 g/mol. The number of hydrogen-bond donors (Lipinski definition) is 1. The number of rotatable bonds is 3. The maximum atomic E-state index is 13.0. The highest BCUT2D eigenvalue weighted by molar-refractivity contribution is 6.03. The molecule has 1 aromatic heterocycles. The Morgan fingerprint density at radius 2 is 1.88 bits per heavy atom. The molecule has 0 saturated carbocycles. The van der Waals surface area contributed by atoms with Gasteiger partial charge < -0.3 is 15.0 Å². The molecular formula is C17H16F3N3O2. The highest BCUT2D eigenvalue weighted by Gasteiger charge is 2.33. The molecule has 2 heterocycles. The minimum Gasteiger partial charge on any atom is -0.378 e. The lowest BCUT2D eigenvalue weighted by Crippen LogP contribution is -2.36. The summed E-state index contributed by atoms with van der Waals surface area (Å²) in [5.41, 5.74) is -0.347. The van der Waals surface area contributed by atoms with Gasteiger partial charge in [0.1, 0.15) is 5.69 Å². The van der Waals surface area contributed by atoms with E-state index in [0.717, 1.165) is 11.8 Å². The Morgan fingerprint density at radius 1 is 1.16 bits per heavy atom. The van der Waals surface area contributed by atoms with Crippen molar-refractivity contribution in [2.75, 3.05) is 36.5 Å². The van der Waals surface area contributed by atoms with Crippen molar-refractivity contribution in [3.05, 3.63) is 53.9 Å². The molecule has 1 aromatic carbocycles. The monoisotopic (exact) mass is 351 g/mol. The van der Waals surface area contributed by atoms with Gasteiger partial charge >= 0.3 is 6.18 Å². The summed E-state index contributed by atoms with van der Waals surface area (Å²) in [5, 5.41) is 2.30. The molecule has 0 spiro atoms. The molecule has 5 nitrogen and oxygen atoms in total. The Hall–Kier alpha value is -2.61. The first kappa shape index (κ1) is 17.2. The molecule has 2 aromatic rings. The molecule has 1 aliphatic rings. The van der Waals surface area contributed by atoms with Crippen LogP contribution >= 0.6 is 0 Å². The van der Waals surface area contributed by atoms with Gasteiger partial charge in [-0.1, -0.05) is 12.1 Å². The van der Waals surface area contributed by atoms with Crippen LogP contribution < -0.4 is 10.2 Å². The van der Waals surface area contributed by atoms with E-state index in [1.165, 1.54) is 24.4 Å². The Morgan fingerprint density at radius 3 is 2.60 bits per heavy atom. The minimum atomic E-state index is -4.55. The molecule has 0 aliphatic carbocycles. The molecule has 0 bridgehead atoms. The van der Waals surface area contributed by atoms with E-state index in [0.29, 0.717) is 26.3 Å². The number of hydrogen-bond acceptors (Lipinski definition) is 4. The van der Waals surface area contributed by atoms with E-state index in [1.54, 1.807) is 12.1 Å². The zero-order valence-corrected chi connectivity index (χ0v) is 13.2. The predicted molar refractivity (Wildman–Crippen MR) is 86.7 cm³/mol. The summed E-state index contributed by atoms with van der Waals surface area (Å²) in [5.74, 6) is -0.688. The number of carbonyl (C=O) groups excluding carboxylic acids is 1. The van der Waals surface area contributed by atoms with Crippen LogP contribution in [0.4, 0.5) is 24.5 Å². The van der Waals surface area contributed by atoms with Gasteiger partial charge in [-0.3, -0.25) is 9.78 Å². The first-order valence-corrected chi connectivity index (χ1v) is 7.71. The number of benzene rings is 1. The summed E-state index contributed by atoms with van der Waals surface area (Å²) < 4.78 is 44.3. The number of aromatic nitrogens is 1. The topological polar surface area (TPSA) is 54.5 Å². The lowest BCUT2D eigenvalue weighted by Gasteiger charge is -2.28. The lowest BCUT2D eigenvalue weighted by atomic mass is 10.1. The van der Waals surface area contributed by atoms with Crippen molar-refractivity contribution >= 4 is 17.3 Å². The average Bonchev–Trinajstić information content (AvgIpc) is 2.62. The normalized spacial score (nSPS) is 15.1. The van der Waals surface area contributed by atoms with Crippen LogP contribution in [0.1, 0.15) is 16.1 Å². The molecule has 1 aliphatic heterocycles. The third kappa shape index (κ3) is 4.08. The van der Waals surface area contributed by atoms with E-state index in [9.17, 15) is 18.0 Å². The quantitative estimate of drug-likeness (QED) is 0.923. The zero-order chi connectivity index (χ0) is 17.9. The van der Waals surface area contributed by atoms with Crippen molar-refractivity contribution in [2.24, 2.45) is 0 Å². The number of anilines is 2. The number of nitrogens with zero attached hydrogens (tertiary/aromatic N) is 2. The molecule has 8 heteroatoms. The van der Waals surface area contributed by atoms with E-state index in [1.807, 2.05) is 4.90 Å². The van der Waals surface area contributed by atoms with Gasteiger partial charge in [0.05, 0.1) is 24.5 Å². The number of pyridine rings is 1. The molecule has 25 heavy (non-hydrogen) atoms. The number of alkyl halides is 3. The lowest BCUT2D eigenvalue weighted by molar-refractivity contribution is -0.136. The molecule has 3 rings (SSSR count). The first-order valence-electron chi connectivity index (χ1n) is 7.71. The van der Waals surface area contributed by atoms with E-state index in [-0.39, 0.29) is 11.4 Å². The third-order valence-electron chi connectivity index (χ3n) is 3.83. The maximum absolute atomic E-state index is 13.0. The number of para-hydroxylation sites is 1. The highest BCUT2D eigenvalue weighted by atomic mass is 19.4. The number of morpholine rings is 1. The Balaban J connectivity index is 1.80. The summed E-state index contributed by atoms with van der Waals surface area (Å²) in [6, 6.07) is 8.17. The van der Waals surface area contributed by atoms with Gasteiger partial charge in [-0.05, 0) is 24.3 Å². The second-order valence-corrected chi connectivity index (χ2v) is 5.50. The van der Waals surface area contributed by atoms with Crippen LogP contribution in [0.25, 0.3) is 0 Å². The van der Waals surface area contributed by atoms with Gasteiger partial charge in [-0.25, -0.2) is 0 Å². The third-order valence-corrected chi connectivity index (χ3v) is 3.83. The maximum Gasteiger partial charge on any atom is 0.418 e. The van der Waals surface area contributed by atoms with Crippen molar-refractivity contribution in [3.63, 3.8) is 0 Å². The molecule has 132 valence electrons. The van der Waals surface area contributed by atoms with Crippen molar-refractivity contribution in [1.82, 2.24) is 4.98 Å². The predicted octanol–water partition coefficient (Wildman–Crippen LogP) is 3.19. The summed E-state index contributed by atoms with van der Waals surface area (Å²) in [4.78, 5) is 18.3. The van der Waals surface area contributed by atoms with Crippen LogP contribution in [0, 0.1) is 0 Å². The van der Waals surface area contributed by atoms with Gasteiger partial charge in [0.2, 0.25) is 0 Å². The van der Waals surface area contributed by atoms with Crippen LogP contribution in [0.15, 0.2) is 42.6 Å². The van der Waals surface area contributed by atoms with Gasteiger partial charge in [-0.15, -0.1) is 0 Å². The highest BCUT2D eigenvalue weighted by Crippen LogP contribution is 2.34. The Labute approximate surface area is 142 Å². The molecule has 1 fully saturated rings. The fourth-order valence-corrected chi connectivity index (χ4v) is 2.59. The number of carbonyl (C=O) groups is 1. The minimum absolute atomic E-state index is 0.0565. The van der Waals surface area contributed by atoms with E-state index < -0.39 is 17.6 Å². The van der Waals surface area contributed by atoms with Crippen LogP contribution in [0.2, 0.25) is 0 Å². The number of nitrogens with one attached hydrogen (secondary N) is 1. The summed E-state index contributed by atoms with van der Waals surface area (Å²) >= 11 is 0. The van der Waals surface area contributed by atoms with Crippen LogP contribution in [-0.4, -0.2) is 37.2 Å². The van der Waals surface area contributed by atoms with Gasteiger partial charge in [0.25, 0.3) is 5.91 Å². The molecule has 1 N–H and O–H groups in total. The molecule has 1 amide bonds. The molecule has 0 unspecified atom stereocenters. The van der Waals surface area contributed by atoms with Crippen molar-refractivity contribution in [1.29, 1.82) is 0 Å². The van der Waals surface area contributed by atoms with Crippen LogP contribution in [-0.2, 0) is 10.9 Å². The van der Waals surface area contributed by atoms with Gasteiger partial charge in [0.15, 0.2) is 0 Å². The second-order valence-electron chi connectivity index (χ2n) is 5.50. The van der Waals surface area contributed by atoms with E-state index in [4.69, 9.17) is 4.74 Å². The fraction of sp³-hybridized carbons (Fsp3) is 0.294. The number of halogens is 3. The van der Waals surface area contributed by atoms with E-state index >= 15 is 0 Å². The van der Waals surface area contributed by atoms with Crippen molar-refractivity contribution in [3.8, 4) is 0 Å². The second kappa shape index (κ2) is 7.10. The summed E-state index contributed by atoms with van der Waals surface area (Å²) in [6.45, 7) is 2.54. The summed E-state index contributed by atoms with van der Waals surface area (Å²) in [7, 11) is 0. The standard InChI is InChI=1S/C17H16F3N3O2/c18-17(19,20)13-3-1-2-4-14(13)22-16(24)15-11-12(5-6-21-15)23-7-9-25-10-8-23/h1-6,11H,7-10H2,(H,22,24). The molecule has 1 saturated heterocycles. The van der Waals surface area contributed by atoms with Gasteiger partial charge in [-0.2, -0.15) is 13.2 Å². The van der Waals surface area contributed by atoms with Crippen LogP contribution in [0.5, 0.6) is 0 Å². The number of ether oxygens (including phenoxy) is 1. The first-order chi connectivity index (χ1) is 11.9. The Kier molecular flexibility index (Phi) is 4.89. The van der Waals surface area contributed by atoms with Crippen molar-refractivity contribution < 1.29 is 22.7 Å². The van der Waals surface area contributed by atoms with Crippen LogP contribution in [0.3, 0.4) is 0 Å². The van der Waals surface area contributed by atoms with Gasteiger partial charge in [0, 0.05) is 25.0 Å². The molecule has 0 radical (unpaired) electrons. The number of amides is 1. The average molecular weight is 351 g/mol. The van der Waals surface area contributed by atoms with Crippen molar-refractivity contribution in [2.45, 2.75) is 6.18 Å². The fourth-order valence-electron chi connectivity index (χ4n) is 2.59.